The van der Waals surface area contributed by atoms with Crippen molar-refractivity contribution in [1.82, 2.24) is 4.90 Å². The third-order valence-electron chi connectivity index (χ3n) is 5.06. The summed E-state index contributed by atoms with van der Waals surface area (Å²) in [6.07, 6.45) is 3.30. The van der Waals surface area contributed by atoms with E-state index in [0.29, 0.717) is 18.3 Å². The maximum Gasteiger partial charge on any atom is 0.568 e. The Balaban J connectivity index is 2.17. The third kappa shape index (κ3) is 3.48. The van der Waals surface area contributed by atoms with Crippen LogP contribution in [0.5, 0.6) is 0 Å². The molecule has 0 aliphatic carbocycles. The van der Waals surface area contributed by atoms with E-state index in [1.165, 1.54) is 4.49 Å². The molecule has 0 aromatic heterocycles. The number of carbonyl (C=O) groups excluding carboxylic acids is 1. The Labute approximate surface area is 160 Å². The van der Waals surface area contributed by atoms with Crippen LogP contribution in [-0.2, 0) is 15.9 Å². The van der Waals surface area contributed by atoms with Crippen molar-refractivity contribution in [2.24, 2.45) is 0 Å². The van der Waals surface area contributed by atoms with Crippen LogP contribution in [0, 0.1) is 0 Å². The van der Waals surface area contributed by atoms with Gasteiger partial charge in [0.25, 0.3) is 0 Å². The highest BCUT2D eigenvalue weighted by molar-refractivity contribution is 6.76. The van der Waals surface area contributed by atoms with Crippen molar-refractivity contribution >= 4 is 24.5 Å². The fourth-order valence-electron chi connectivity index (χ4n) is 3.93. The van der Waals surface area contributed by atoms with Crippen molar-refractivity contribution in [2.75, 3.05) is 14.1 Å². The first-order valence-electron chi connectivity index (χ1n) is 9.38. The largest absolute Gasteiger partial charge is 0.619 e. The number of hydrogen-bond acceptors (Lipinski definition) is 2. The van der Waals surface area contributed by atoms with Crippen LogP contribution in [-0.4, -0.2) is 48.1 Å². The number of nitrogens with zero attached hydrogens (tertiary/aromatic N) is 2. The van der Waals surface area contributed by atoms with Gasteiger partial charge in [-0.2, -0.15) is 0 Å². The monoisotopic (exact) mass is 368 g/mol. The molecular formula is C21H26BFN2O2. The van der Waals surface area contributed by atoms with Crippen molar-refractivity contribution in [1.29, 1.82) is 0 Å². The minimum absolute atomic E-state index is 0.370. The van der Waals surface area contributed by atoms with Gasteiger partial charge < -0.3 is 13.5 Å². The summed E-state index contributed by atoms with van der Waals surface area (Å²) < 4.78 is 23.4. The maximum absolute atomic E-state index is 16.3. The number of hydrogen-bond donors (Lipinski definition) is 0. The summed E-state index contributed by atoms with van der Waals surface area (Å²) >= 11 is 0. The van der Waals surface area contributed by atoms with Crippen LogP contribution >= 0.6 is 0 Å². The van der Waals surface area contributed by atoms with Crippen LogP contribution in [0.4, 0.5) is 4.32 Å². The average molecular weight is 368 g/mol. The lowest BCUT2D eigenvalue weighted by Crippen LogP contribution is -2.59. The number of benzene rings is 2. The van der Waals surface area contributed by atoms with E-state index < -0.39 is 18.3 Å². The summed E-state index contributed by atoms with van der Waals surface area (Å²) in [4.78, 5) is 14.9. The number of carbonyl (C=O) groups is 1. The van der Waals surface area contributed by atoms with Crippen LogP contribution in [0.3, 0.4) is 0 Å². The highest BCUT2D eigenvalue weighted by Crippen LogP contribution is 2.36. The second-order valence-corrected chi connectivity index (χ2v) is 7.39. The third-order valence-corrected chi connectivity index (χ3v) is 5.06. The van der Waals surface area contributed by atoms with E-state index in [1.54, 1.807) is 35.5 Å². The van der Waals surface area contributed by atoms with Crippen LogP contribution in [0.2, 0.25) is 0 Å². The first-order valence-corrected chi connectivity index (χ1v) is 9.38. The first-order chi connectivity index (χ1) is 12.9. The van der Waals surface area contributed by atoms with Gasteiger partial charge in [-0.05, 0) is 12.0 Å². The molecular weight excluding hydrogens is 342 g/mol. The Hall–Kier alpha value is -2.63. The lowest BCUT2D eigenvalue weighted by Gasteiger charge is -2.34. The van der Waals surface area contributed by atoms with Crippen molar-refractivity contribution in [3.05, 3.63) is 66.2 Å². The number of halogens is 1. The summed E-state index contributed by atoms with van der Waals surface area (Å²) in [6.45, 7) is -1.16. The Morgan fingerprint density at radius 3 is 2.26 bits per heavy atom. The summed E-state index contributed by atoms with van der Waals surface area (Å²) in [5, 5.41) is 0. The highest BCUT2D eigenvalue weighted by Gasteiger charge is 2.61. The van der Waals surface area contributed by atoms with Gasteiger partial charge in [-0.3, -0.25) is 9.69 Å². The second kappa shape index (κ2) is 7.55. The van der Waals surface area contributed by atoms with Crippen LogP contribution in [0.15, 0.2) is 60.7 Å². The highest BCUT2D eigenvalue weighted by atomic mass is 19.1. The van der Waals surface area contributed by atoms with Crippen molar-refractivity contribution in [3.8, 4) is 0 Å². The van der Waals surface area contributed by atoms with Crippen molar-refractivity contribution in [2.45, 2.75) is 31.7 Å². The van der Waals surface area contributed by atoms with E-state index in [1.807, 2.05) is 57.4 Å². The molecule has 1 heterocycles. The molecule has 27 heavy (non-hydrogen) atoms. The van der Waals surface area contributed by atoms with Gasteiger partial charge in [0.2, 0.25) is 0 Å². The zero-order valence-corrected chi connectivity index (χ0v) is 16.1. The molecule has 2 aromatic rings. The molecule has 3 rings (SSSR count). The van der Waals surface area contributed by atoms with E-state index in [4.69, 9.17) is 4.65 Å². The normalized spacial score (nSPS) is 26.2. The Bertz CT molecular complexity index is 829. The van der Waals surface area contributed by atoms with Crippen LogP contribution in [0.1, 0.15) is 25.3 Å². The smallest absolute Gasteiger partial charge is 0.568 e. The van der Waals surface area contributed by atoms with Gasteiger partial charge in [-0.1, -0.05) is 79.5 Å². The SMILES string of the molecule is CCC[C@@]1(Cc2ccccc2)C(=O)O[B@-](F)(c2ccccc2)/[N+]1=C\N(C)C. The molecule has 0 bridgehead atoms. The van der Waals surface area contributed by atoms with Crippen LogP contribution in [0.25, 0.3) is 0 Å². The lowest BCUT2D eigenvalue weighted by molar-refractivity contribution is -0.481. The quantitative estimate of drug-likeness (QED) is 0.581. The predicted molar refractivity (Wildman–Crippen MR) is 107 cm³/mol. The van der Waals surface area contributed by atoms with Gasteiger partial charge >= 0.3 is 12.7 Å². The zero-order valence-electron chi connectivity index (χ0n) is 16.1. The van der Waals surface area contributed by atoms with Crippen LogP contribution < -0.4 is 5.46 Å². The van der Waals surface area contributed by atoms with Gasteiger partial charge in [0, 0.05) is 6.42 Å². The van der Waals surface area contributed by atoms with Gasteiger partial charge in [0.1, 0.15) is 0 Å². The predicted octanol–water partition coefficient (Wildman–Crippen LogP) is 2.74. The van der Waals surface area contributed by atoms with E-state index in [-0.39, 0.29) is 0 Å². The van der Waals surface area contributed by atoms with E-state index in [2.05, 4.69) is 0 Å². The molecule has 2 atom stereocenters. The molecule has 0 amide bonds. The fraction of sp³-hybridized carbons (Fsp3) is 0.333. The van der Waals surface area contributed by atoms with Gasteiger partial charge in [-0.25, -0.2) is 0 Å². The summed E-state index contributed by atoms with van der Waals surface area (Å²) in [5.74, 6) is -0.502. The van der Waals surface area contributed by atoms with Gasteiger partial charge in [0.05, 0.1) is 14.1 Å². The molecule has 1 fully saturated rings. The summed E-state index contributed by atoms with van der Waals surface area (Å²) in [5.41, 5.74) is 0.272. The molecule has 142 valence electrons. The molecule has 1 aliphatic heterocycles. The van der Waals surface area contributed by atoms with Crippen molar-refractivity contribution in [3.63, 3.8) is 0 Å². The molecule has 2 aromatic carbocycles. The Morgan fingerprint density at radius 2 is 1.70 bits per heavy atom. The minimum Gasteiger partial charge on any atom is -0.619 e. The molecule has 1 saturated heterocycles. The molecule has 6 heteroatoms. The minimum atomic E-state index is -3.16. The Morgan fingerprint density at radius 1 is 1.11 bits per heavy atom. The molecule has 0 spiro atoms. The maximum atomic E-state index is 16.3. The molecule has 1 aliphatic rings. The average Bonchev–Trinajstić information content (AvgIpc) is 2.85. The lowest BCUT2D eigenvalue weighted by atomic mass is 9.65. The standard InChI is InChI=1S/C21H26BFN2O2/c1-4-15-21(16-18-11-7-5-8-12-18)20(26)27-22(23,25(21)17-24(2)3)19-13-9-6-10-14-19/h5-14,17H,4,15-16H2,1-3H3/b25-17-/t21-,22+/m1/s1. The molecule has 4 nitrogen and oxygen atoms in total. The number of rotatable bonds is 6. The van der Waals surface area contributed by atoms with Gasteiger partial charge in [0.15, 0.2) is 11.9 Å². The molecule has 0 N–H and O–H groups in total. The topological polar surface area (TPSA) is 32.6 Å². The van der Waals surface area contributed by atoms with E-state index >= 15 is 4.32 Å². The summed E-state index contributed by atoms with van der Waals surface area (Å²) in [6, 6.07) is 18.4. The Kier molecular flexibility index (Phi) is 5.35. The van der Waals surface area contributed by atoms with E-state index in [9.17, 15) is 4.79 Å². The van der Waals surface area contributed by atoms with Gasteiger partial charge in [-0.15, -0.1) is 0 Å². The zero-order chi connectivity index (χ0) is 19.5. The molecule has 0 unspecified atom stereocenters. The van der Waals surface area contributed by atoms with E-state index in [0.717, 1.165) is 12.0 Å². The fourth-order valence-corrected chi connectivity index (χ4v) is 3.93. The molecule has 0 radical (unpaired) electrons. The second-order valence-electron chi connectivity index (χ2n) is 7.39. The first kappa shape index (κ1) is 19.1. The summed E-state index contributed by atoms with van der Waals surface area (Å²) in [7, 11) is 3.65. The molecule has 0 saturated carbocycles. The van der Waals surface area contributed by atoms with Crippen molar-refractivity contribution < 1.29 is 18.3 Å².